The summed E-state index contributed by atoms with van der Waals surface area (Å²) in [6, 6.07) is 8.11. The largest absolute Gasteiger partial charge is 0.486 e. The van der Waals surface area contributed by atoms with Crippen LogP contribution in [0.5, 0.6) is 5.75 Å². The number of aromatic nitrogens is 3. The molecule has 1 aliphatic heterocycles. The first-order valence-electron chi connectivity index (χ1n) is 13.1. The number of nitrogens with zero attached hydrogens (tertiary/aromatic N) is 3. The first-order valence-corrected chi connectivity index (χ1v) is 13.5. The van der Waals surface area contributed by atoms with Crippen molar-refractivity contribution in [3.05, 3.63) is 40.9 Å². The van der Waals surface area contributed by atoms with Crippen LogP contribution >= 0.6 is 12.2 Å². The lowest BCUT2D eigenvalue weighted by Crippen LogP contribution is -2.64. The minimum Gasteiger partial charge on any atom is -0.486 e. The summed E-state index contributed by atoms with van der Waals surface area (Å²) in [7, 11) is 0. The summed E-state index contributed by atoms with van der Waals surface area (Å²) < 4.78 is 31.9. The maximum atomic E-state index is 12.3. The van der Waals surface area contributed by atoms with Crippen molar-refractivity contribution in [2.24, 2.45) is 5.92 Å². The molecule has 0 aliphatic carbocycles. The van der Waals surface area contributed by atoms with Gasteiger partial charge in [0.25, 0.3) is 0 Å². The second-order valence-electron chi connectivity index (χ2n) is 9.99. The molecule has 0 saturated carbocycles. The average molecular weight is 593 g/mol. The van der Waals surface area contributed by atoms with Crippen LogP contribution in [0.3, 0.4) is 0 Å². The van der Waals surface area contributed by atoms with Gasteiger partial charge in [-0.3, -0.25) is 19.2 Å². The molecular weight excluding hydrogens is 556 g/mol. The van der Waals surface area contributed by atoms with Crippen molar-refractivity contribution in [1.82, 2.24) is 19.7 Å². The summed E-state index contributed by atoms with van der Waals surface area (Å²) in [6.45, 7) is 9.14. The SMILES string of the molecule is CC(=O)N[C@@H]1[C@@H](OC(C)=O)[C@H](OC(C)=O)[C@@H](COC(C)=O)O[C@H]1n1nc(COc2ccccc2)n(CC(C)C)c1=S. The highest BCUT2D eigenvalue weighted by Gasteiger charge is 2.52. The molecule has 1 N–H and O–H groups in total. The highest BCUT2D eigenvalue weighted by molar-refractivity contribution is 7.71. The molecule has 224 valence electrons. The van der Waals surface area contributed by atoms with Crippen LogP contribution < -0.4 is 10.1 Å². The Kier molecular flexibility index (Phi) is 11.0. The Morgan fingerprint density at radius 2 is 1.63 bits per heavy atom. The van der Waals surface area contributed by atoms with E-state index in [4.69, 9.17) is 41.0 Å². The van der Waals surface area contributed by atoms with E-state index in [1.165, 1.54) is 32.4 Å². The smallest absolute Gasteiger partial charge is 0.303 e. The van der Waals surface area contributed by atoms with Crippen LogP contribution in [-0.4, -0.2) is 69.1 Å². The average Bonchev–Trinajstić information content (AvgIpc) is 3.18. The fourth-order valence-electron chi connectivity index (χ4n) is 4.46. The number of esters is 3. The molecule has 5 atom stereocenters. The van der Waals surface area contributed by atoms with E-state index >= 15 is 0 Å². The van der Waals surface area contributed by atoms with Gasteiger partial charge in [-0.1, -0.05) is 32.0 Å². The molecule has 3 rings (SSSR count). The third-order valence-electron chi connectivity index (χ3n) is 5.95. The molecule has 0 radical (unpaired) electrons. The van der Waals surface area contributed by atoms with Crippen molar-refractivity contribution in [1.29, 1.82) is 0 Å². The van der Waals surface area contributed by atoms with Crippen LogP contribution in [-0.2, 0) is 51.3 Å². The first kappa shape index (κ1) is 31.7. The second-order valence-corrected chi connectivity index (χ2v) is 10.4. The zero-order valence-electron chi connectivity index (χ0n) is 23.9. The van der Waals surface area contributed by atoms with Crippen molar-refractivity contribution >= 4 is 36.0 Å². The summed E-state index contributed by atoms with van der Waals surface area (Å²) in [4.78, 5) is 48.2. The van der Waals surface area contributed by atoms with Crippen LogP contribution in [0.2, 0.25) is 0 Å². The van der Waals surface area contributed by atoms with Crippen molar-refractivity contribution in [2.75, 3.05) is 6.61 Å². The number of carbonyl (C=O) groups is 4. The van der Waals surface area contributed by atoms with Gasteiger partial charge in [-0.05, 0) is 30.3 Å². The Bertz CT molecular complexity index is 1290. The molecule has 1 fully saturated rings. The van der Waals surface area contributed by atoms with Crippen molar-refractivity contribution in [2.45, 2.75) is 85.3 Å². The summed E-state index contributed by atoms with van der Waals surface area (Å²) in [5.41, 5.74) is 0. The minimum absolute atomic E-state index is 0.0746. The Balaban J connectivity index is 2.12. The second kappa shape index (κ2) is 14.2. The standard InChI is InChI=1S/C27H36N4O9S/c1-15(2)12-30-22(14-37-20-10-8-7-9-11-20)29-31(27(30)41)26-23(28-16(3)32)25(39-19(6)35)24(38-18(5)34)21(40-26)13-36-17(4)33/h7-11,15,21,23-26H,12-14H2,1-6H3,(H,28,32)/t21-,23-,24-,25-,26-/m1/s1. The molecule has 0 unspecified atom stereocenters. The molecule has 1 aliphatic rings. The topological polar surface area (TPSA) is 149 Å². The fraction of sp³-hybridized carbons (Fsp3) is 0.556. The lowest BCUT2D eigenvalue weighted by atomic mass is 9.95. The van der Waals surface area contributed by atoms with Crippen LogP contribution in [0.4, 0.5) is 0 Å². The maximum Gasteiger partial charge on any atom is 0.303 e. The van der Waals surface area contributed by atoms with Gasteiger partial charge in [0.1, 0.15) is 31.1 Å². The number of para-hydroxylation sites is 1. The van der Waals surface area contributed by atoms with E-state index in [1.807, 2.05) is 44.2 Å². The molecule has 13 nitrogen and oxygen atoms in total. The molecule has 1 aromatic heterocycles. The van der Waals surface area contributed by atoms with Gasteiger partial charge in [0.15, 0.2) is 29.0 Å². The zero-order valence-corrected chi connectivity index (χ0v) is 24.7. The molecule has 1 aromatic carbocycles. The van der Waals surface area contributed by atoms with Crippen molar-refractivity contribution in [3.8, 4) is 5.75 Å². The van der Waals surface area contributed by atoms with Crippen LogP contribution in [0.25, 0.3) is 0 Å². The van der Waals surface area contributed by atoms with E-state index in [-0.39, 0.29) is 23.9 Å². The number of hydrogen-bond acceptors (Lipinski definition) is 11. The van der Waals surface area contributed by atoms with Crippen molar-refractivity contribution < 1.29 is 42.9 Å². The Labute approximate surface area is 243 Å². The summed E-state index contributed by atoms with van der Waals surface area (Å²) in [6.07, 6.45) is -4.70. The lowest BCUT2D eigenvalue weighted by Gasteiger charge is -2.45. The van der Waals surface area contributed by atoms with Crippen LogP contribution in [0.15, 0.2) is 30.3 Å². The quantitative estimate of drug-likeness (QED) is 0.233. The first-order chi connectivity index (χ1) is 19.4. The molecule has 2 aromatic rings. The van der Waals surface area contributed by atoms with Gasteiger partial charge in [-0.2, -0.15) is 5.10 Å². The Morgan fingerprint density at radius 3 is 2.20 bits per heavy atom. The van der Waals surface area contributed by atoms with E-state index in [0.717, 1.165) is 0 Å². The highest BCUT2D eigenvalue weighted by Crippen LogP contribution is 2.33. The van der Waals surface area contributed by atoms with Gasteiger partial charge in [0.05, 0.1) is 0 Å². The third-order valence-corrected chi connectivity index (χ3v) is 6.36. The maximum absolute atomic E-state index is 12.3. The van der Waals surface area contributed by atoms with Gasteiger partial charge in [0, 0.05) is 34.2 Å². The van der Waals surface area contributed by atoms with Crippen LogP contribution in [0, 0.1) is 10.7 Å². The highest BCUT2D eigenvalue weighted by atomic mass is 32.1. The minimum atomic E-state index is -1.24. The summed E-state index contributed by atoms with van der Waals surface area (Å²) >= 11 is 5.82. The normalized spacial score (nSPS) is 22.1. The number of rotatable bonds is 11. The number of ether oxygens (including phenoxy) is 5. The number of benzene rings is 1. The monoisotopic (exact) mass is 592 g/mol. The lowest BCUT2D eigenvalue weighted by molar-refractivity contribution is -0.239. The predicted molar refractivity (Wildman–Crippen MR) is 146 cm³/mol. The molecule has 1 amide bonds. The van der Waals surface area contributed by atoms with E-state index in [2.05, 4.69) is 5.32 Å². The number of amides is 1. The predicted octanol–water partition coefficient (Wildman–Crippen LogP) is 2.48. The molecule has 2 heterocycles. The number of hydrogen-bond donors (Lipinski definition) is 1. The Hall–Kier alpha value is -3.78. The molecular formula is C27H36N4O9S. The van der Waals surface area contributed by atoms with Gasteiger partial charge in [-0.25, -0.2) is 4.68 Å². The molecule has 1 saturated heterocycles. The number of carbonyl (C=O) groups excluding carboxylic acids is 4. The van der Waals surface area contributed by atoms with E-state index in [9.17, 15) is 19.2 Å². The van der Waals surface area contributed by atoms with Gasteiger partial charge < -0.3 is 33.6 Å². The van der Waals surface area contributed by atoms with Crippen molar-refractivity contribution in [3.63, 3.8) is 0 Å². The summed E-state index contributed by atoms with van der Waals surface area (Å²) in [5.74, 6) is -1.15. The number of nitrogens with one attached hydrogen (secondary N) is 1. The summed E-state index contributed by atoms with van der Waals surface area (Å²) in [5, 5.41) is 7.45. The third kappa shape index (κ3) is 8.60. The van der Waals surface area contributed by atoms with Crippen LogP contribution in [0.1, 0.15) is 53.6 Å². The van der Waals surface area contributed by atoms with Gasteiger partial charge >= 0.3 is 17.9 Å². The van der Waals surface area contributed by atoms with E-state index in [1.54, 1.807) is 4.57 Å². The van der Waals surface area contributed by atoms with Gasteiger partial charge in [0.2, 0.25) is 5.91 Å². The Morgan fingerprint density at radius 1 is 1.00 bits per heavy atom. The van der Waals surface area contributed by atoms with Gasteiger partial charge in [-0.15, -0.1) is 0 Å². The molecule has 41 heavy (non-hydrogen) atoms. The zero-order chi connectivity index (χ0) is 30.3. The molecule has 0 spiro atoms. The molecule has 14 heteroatoms. The molecule has 0 bridgehead atoms. The fourth-order valence-corrected chi connectivity index (χ4v) is 4.78. The van der Waals surface area contributed by atoms with E-state index < -0.39 is 54.4 Å². The van der Waals surface area contributed by atoms with E-state index in [0.29, 0.717) is 18.1 Å².